The number of hydrogen-bond donors (Lipinski definition) is 1. The number of pyridine rings is 1. The van der Waals surface area contributed by atoms with Crippen LogP contribution in [0.1, 0.15) is 19.0 Å². The van der Waals surface area contributed by atoms with E-state index in [9.17, 15) is 9.59 Å². The molecule has 0 aliphatic carbocycles. The minimum absolute atomic E-state index is 0.172. The van der Waals surface area contributed by atoms with Crippen LogP contribution in [0, 0.1) is 0 Å². The average molecular weight is 205 g/mol. The highest BCUT2D eigenvalue weighted by Crippen LogP contribution is 2.07. The van der Waals surface area contributed by atoms with E-state index in [4.69, 9.17) is 5.11 Å². The largest absolute Gasteiger partial charge is 0.478 e. The van der Waals surface area contributed by atoms with Crippen molar-refractivity contribution < 1.29 is 14.7 Å². The third kappa shape index (κ3) is 3.02. The first kappa shape index (κ1) is 11.1. The van der Waals surface area contributed by atoms with Crippen molar-refractivity contribution in [3.63, 3.8) is 0 Å². The van der Waals surface area contributed by atoms with Gasteiger partial charge in [0.05, 0.1) is 5.69 Å². The number of carboxylic acid groups (broad SMARTS) is 1. The Morgan fingerprint density at radius 3 is 2.67 bits per heavy atom. The Hall–Kier alpha value is -1.97. The zero-order valence-electron chi connectivity index (χ0n) is 8.30. The first-order valence-corrected chi connectivity index (χ1v) is 4.54. The molecule has 0 saturated carbocycles. The monoisotopic (exact) mass is 205 g/mol. The van der Waals surface area contributed by atoms with Crippen molar-refractivity contribution in [3.8, 4) is 0 Å². The highest BCUT2D eigenvalue weighted by molar-refractivity contribution is 6.19. The Kier molecular flexibility index (Phi) is 3.74. The van der Waals surface area contributed by atoms with Crippen LogP contribution in [0.25, 0.3) is 6.08 Å². The lowest BCUT2D eigenvalue weighted by atomic mass is 10.1. The van der Waals surface area contributed by atoms with Gasteiger partial charge < -0.3 is 5.11 Å². The maximum Gasteiger partial charge on any atom is 0.339 e. The molecule has 1 N–H and O–H groups in total. The predicted octanol–water partition coefficient (Wildman–Crippen LogP) is 1.53. The van der Waals surface area contributed by atoms with E-state index in [1.807, 2.05) is 0 Å². The molecule has 0 spiro atoms. The normalized spacial score (nSPS) is 11.1. The maximum atomic E-state index is 11.3. The molecule has 4 heteroatoms. The van der Waals surface area contributed by atoms with Crippen LogP contribution < -0.4 is 0 Å². The van der Waals surface area contributed by atoms with Crippen LogP contribution in [0.2, 0.25) is 0 Å². The molecule has 0 aliphatic rings. The summed E-state index contributed by atoms with van der Waals surface area (Å²) in [6.07, 6.45) is 3.00. The minimum Gasteiger partial charge on any atom is -0.478 e. The van der Waals surface area contributed by atoms with Gasteiger partial charge in [0, 0.05) is 12.6 Å². The van der Waals surface area contributed by atoms with Crippen molar-refractivity contribution in [2.45, 2.75) is 13.3 Å². The van der Waals surface area contributed by atoms with Crippen molar-refractivity contribution in [1.29, 1.82) is 0 Å². The average Bonchev–Trinajstić information content (AvgIpc) is 2.26. The van der Waals surface area contributed by atoms with Crippen molar-refractivity contribution in [3.05, 3.63) is 35.7 Å². The zero-order chi connectivity index (χ0) is 11.3. The highest BCUT2D eigenvalue weighted by Gasteiger charge is 2.15. The fourth-order valence-electron chi connectivity index (χ4n) is 1.06. The van der Waals surface area contributed by atoms with Gasteiger partial charge in [-0.3, -0.25) is 9.78 Å². The van der Waals surface area contributed by atoms with E-state index in [1.54, 1.807) is 31.3 Å². The molecule has 4 nitrogen and oxygen atoms in total. The number of carboxylic acids is 1. The first-order valence-electron chi connectivity index (χ1n) is 4.54. The third-order valence-electron chi connectivity index (χ3n) is 1.83. The predicted molar refractivity (Wildman–Crippen MR) is 55.1 cm³/mol. The summed E-state index contributed by atoms with van der Waals surface area (Å²) in [5, 5.41) is 8.82. The SMILES string of the molecule is CCC(=O)C(=Cc1ccccn1)C(=O)O. The summed E-state index contributed by atoms with van der Waals surface area (Å²) in [5.41, 5.74) is 0.243. The summed E-state index contributed by atoms with van der Waals surface area (Å²) in [4.78, 5) is 26.0. The molecule has 15 heavy (non-hydrogen) atoms. The molecule has 0 aliphatic heterocycles. The topological polar surface area (TPSA) is 67.3 Å². The number of Topliss-reactive ketones (excluding diaryl/α,β-unsaturated/α-hetero) is 1. The summed E-state index contributed by atoms with van der Waals surface area (Å²) in [6.45, 7) is 1.62. The second-order valence-corrected chi connectivity index (χ2v) is 2.89. The molecule has 1 rings (SSSR count). The van der Waals surface area contributed by atoms with Gasteiger partial charge in [0.2, 0.25) is 0 Å². The number of rotatable bonds is 4. The molecule has 0 amide bonds. The van der Waals surface area contributed by atoms with Gasteiger partial charge in [0.15, 0.2) is 5.78 Å². The number of aliphatic carboxylic acids is 1. The van der Waals surface area contributed by atoms with E-state index in [-0.39, 0.29) is 12.0 Å². The number of nitrogens with zero attached hydrogens (tertiary/aromatic N) is 1. The fourth-order valence-corrected chi connectivity index (χ4v) is 1.06. The van der Waals surface area contributed by atoms with Gasteiger partial charge in [0.25, 0.3) is 0 Å². The van der Waals surface area contributed by atoms with Crippen molar-refractivity contribution in [1.82, 2.24) is 4.98 Å². The molecule has 1 aromatic rings. The van der Waals surface area contributed by atoms with Gasteiger partial charge >= 0.3 is 5.97 Å². The Balaban J connectivity index is 3.05. The molecule has 0 atom stereocenters. The van der Waals surface area contributed by atoms with Gasteiger partial charge in [0.1, 0.15) is 5.57 Å². The number of aromatic nitrogens is 1. The van der Waals surface area contributed by atoms with Crippen LogP contribution >= 0.6 is 0 Å². The van der Waals surface area contributed by atoms with E-state index in [0.29, 0.717) is 5.69 Å². The quantitative estimate of drug-likeness (QED) is 0.460. The van der Waals surface area contributed by atoms with Crippen LogP contribution in [0.15, 0.2) is 30.0 Å². The van der Waals surface area contributed by atoms with Crippen LogP contribution in [-0.4, -0.2) is 21.8 Å². The third-order valence-corrected chi connectivity index (χ3v) is 1.83. The van der Waals surface area contributed by atoms with E-state index < -0.39 is 11.8 Å². The van der Waals surface area contributed by atoms with Gasteiger partial charge in [-0.05, 0) is 18.2 Å². The van der Waals surface area contributed by atoms with Crippen LogP contribution in [0.3, 0.4) is 0 Å². The summed E-state index contributed by atoms with van der Waals surface area (Å²) in [7, 11) is 0. The Morgan fingerprint density at radius 1 is 1.47 bits per heavy atom. The highest BCUT2D eigenvalue weighted by atomic mass is 16.4. The Morgan fingerprint density at radius 2 is 2.20 bits per heavy atom. The van der Waals surface area contributed by atoms with Crippen LogP contribution in [-0.2, 0) is 9.59 Å². The van der Waals surface area contributed by atoms with Gasteiger partial charge in [-0.1, -0.05) is 13.0 Å². The van der Waals surface area contributed by atoms with E-state index in [2.05, 4.69) is 4.98 Å². The lowest BCUT2D eigenvalue weighted by molar-refractivity contribution is -0.134. The van der Waals surface area contributed by atoms with Gasteiger partial charge in [-0.25, -0.2) is 4.79 Å². The molecule has 0 aromatic carbocycles. The van der Waals surface area contributed by atoms with Crippen LogP contribution in [0.5, 0.6) is 0 Å². The Bertz CT molecular complexity index is 396. The van der Waals surface area contributed by atoms with Crippen LogP contribution in [0.4, 0.5) is 0 Å². The standard InChI is InChI=1S/C11H11NO3/c1-2-10(13)9(11(14)15)7-8-5-3-4-6-12-8/h3-7H,2H2,1H3,(H,14,15). The molecule has 0 fully saturated rings. The van der Waals surface area contributed by atoms with E-state index in [0.717, 1.165) is 0 Å². The molecule has 1 aromatic heterocycles. The number of carbonyl (C=O) groups is 2. The van der Waals surface area contributed by atoms with Gasteiger partial charge in [-0.15, -0.1) is 0 Å². The molecule has 1 heterocycles. The molecule has 0 radical (unpaired) electrons. The number of carbonyl (C=O) groups excluding carboxylic acids is 1. The summed E-state index contributed by atoms with van der Waals surface area (Å²) in [5.74, 6) is -1.61. The second-order valence-electron chi connectivity index (χ2n) is 2.89. The molecule has 0 unspecified atom stereocenters. The van der Waals surface area contributed by atoms with Gasteiger partial charge in [-0.2, -0.15) is 0 Å². The molecular weight excluding hydrogens is 194 g/mol. The zero-order valence-corrected chi connectivity index (χ0v) is 8.30. The fraction of sp³-hybridized carbons (Fsp3) is 0.182. The van der Waals surface area contributed by atoms with Crippen molar-refractivity contribution in [2.75, 3.05) is 0 Å². The lowest BCUT2D eigenvalue weighted by Crippen LogP contribution is -2.11. The van der Waals surface area contributed by atoms with E-state index >= 15 is 0 Å². The Labute approximate surface area is 87.3 Å². The summed E-state index contributed by atoms with van der Waals surface area (Å²) >= 11 is 0. The second kappa shape index (κ2) is 5.05. The lowest BCUT2D eigenvalue weighted by Gasteiger charge is -1.98. The summed E-state index contributed by atoms with van der Waals surface area (Å²) in [6, 6.07) is 5.10. The molecule has 0 saturated heterocycles. The molecule has 0 bridgehead atoms. The smallest absolute Gasteiger partial charge is 0.339 e. The number of ketones is 1. The summed E-state index contributed by atoms with van der Waals surface area (Å²) < 4.78 is 0. The first-order chi connectivity index (χ1) is 7.15. The molecule has 78 valence electrons. The minimum atomic E-state index is -1.22. The molecular formula is C11H11NO3. The van der Waals surface area contributed by atoms with E-state index in [1.165, 1.54) is 6.08 Å². The van der Waals surface area contributed by atoms with Crippen molar-refractivity contribution >= 4 is 17.8 Å². The number of hydrogen-bond acceptors (Lipinski definition) is 3. The maximum absolute atomic E-state index is 11.3. The van der Waals surface area contributed by atoms with Crippen molar-refractivity contribution in [2.24, 2.45) is 0 Å².